The van der Waals surface area contributed by atoms with Crippen molar-refractivity contribution in [2.45, 2.75) is 38.5 Å². The lowest BCUT2D eigenvalue weighted by atomic mass is 10.2. The second-order valence-electron chi connectivity index (χ2n) is 8.26. The molecular weight excluding hydrogens is 412 g/mol. The molecule has 0 atom stereocenters. The number of nitriles is 1. The molecule has 2 aromatic rings. The maximum absolute atomic E-state index is 12.2. The van der Waals surface area contributed by atoms with Crippen LogP contribution in [0, 0.1) is 18.3 Å². The molecule has 0 aliphatic carbocycles. The predicted octanol–water partition coefficient (Wildman–Crippen LogP) is 4.18. The van der Waals surface area contributed by atoms with Gasteiger partial charge in [-0.15, -0.1) is 0 Å². The van der Waals surface area contributed by atoms with Crippen LogP contribution in [0.25, 0.3) is 0 Å². The summed E-state index contributed by atoms with van der Waals surface area (Å²) in [6.45, 7) is 10.2. The van der Waals surface area contributed by atoms with Crippen molar-refractivity contribution in [2.24, 2.45) is 0 Å². The first kappa shape index (κ1) is 22.7. The molecule has 2 heterocycles. The van der Waals surface area contributed by atoms with E-state index in [2.05, 4.69) is 26.3 Å². The molecule has 0 saturated carbocycles. The van der Waals surface area contributed by atoms with Crippen LogP contribution in [0.15, 0.2) is 29.4 Å². The first-order valence-electron chi connectivity index (χ1n) is 10.1. The van der Waals surface area contributed by atoms with Crippen molar-refractivity contribution in [1.82, 2.24) is 14.9 Å². The van der Waals surface area contributed by atoms with Gasteiger partial charge < -0.3 is 19.9 Å². The molecule has 1 aliphatic rings. The average molecular weight is 441 g/mol. The van der Waals surface area contributed by atoms with E-state index >= 15 is 0 Å². The van der Waals surface area contributed by atoms with Gasteiger partial charge in [0.2, 0.25) is 0 Å². The van der Waals surface area contributed by atoms with Gasteiger partial charge in [0.05, 0.1) is 5.69 Å². The Hall–Kier alpha value is -2.99. The van der Waals surface area contributed by atoms with Crippen molar-refractivity contribution >= 4 is 35.0 Å². The zero-order valence-electron chi connectivity index (χ0n) is 18.6. The van der Waals surface area contributed by atoms with Gasteiger partial charge in [0, 0.05) is 37.6 Å². The SMILES string of the molecule is CSc1nc(C)c(C#N)c(Nc2ccc(N3CCN(C(=O)OC(C)(C)C)CC3)cc2)n1. The molecule has 0 bridgehead atoms. The van der Waals surface area contributed by atoms with E-state index in [4.69, 9.17) is 4.74 Å². The molecule has 1 aromatic carbocycles. The number of rotatable bonds is 4. The van der Waals surface area contributed by atoms with Crippen LogP contribution in [0.4, 0.5) is 22.0 Å². The molecule has 0 radical (unpaired) electrons. The highest BCUT2D eigenvalue weighted by Crippen LogP contribution is 2.25. The van der Waals surface area contributed by atoms with Gasteiger partial charge in [0.15, 0.2) is 11.0 Å². The van der Waals surface area contributed by atoms with Crippen LogP contribution >= 0.6 is 11.8 Å². The maximum Gasteiger partial charge on any atom is 0.410 e. The molecule has 31 heavy (non-hydrogen) atoms. The van der Waals surface area contributed by atoms with E-state index in [0.717, 1.165) is 24.5 Å². The molecule has 1 fully saturated rings. The number of carbonyl (C=O) groups is 1. The standard InChI is InChI=1S/C22H28N6O2S/c1-15-18(14-23)19(26-20(24-15)31-5)25-16-6-8-17(9-7-16)27-10-12-28(13-11-27)21(29)30-22(2,3)4/h6-9H,10-13H2,1-5H3,(H,24,25,26). The van der Waals surface area contributed by atoms with Crippen molar-refractivity contribution in [1.29, 1.82) is 5.26 Å². The molecule has 3 rings (SSSR count). The zero-order valence-corrected chi connectivity index (χ0v) is 19.4. The zero-order chi connectivity index (χ0) is 22.6. The van der Waals surface area contributed by atoms with Gasteiger partial charge in [0.25, 0.3) is 0 Å². The summed E-state index contributed by atoms with van der Waals surface area (Å²) in [6.07, 6.45) is 1.65. The Kier molecular flexibility index (Phi) is 6.91. The van der Waals surface area contributed by atoms with Gasteiger partial charge in [-0.3, -0.25) is 0 Å². The van der Waals surface area contributed by atoms with Crippen molar-refractivity contribution < 1.29 is 9.53 Å². The third-order valence-corrected chi connectivity index (χ3v) is 5.34. The van der Waals surface area contributed by atoms with Crippen molar-refractivity contribution in [3.05, 3.63) is 35.5 Å². The Balaban J connectivity index is 1.64. The van der Waals surface area contributed by atoms with Crippen LogP contribution in [0.1, 0.15) is 32.0 Å². The number of nitrogens with zero attached hydrogens (tertiary/aromatic N) is 5. The summed E-state index contributed by atoms with van der Waals surface area (Å²) in [5, 5.41) is 13.3. The minimum Gasteiger partial charge on any atom is -0.444 e. The van der Waals surface area contributed by atoms with Crippen LogP contribution in [0.5, 0.6) is 0 Å². The summed E-state index contributed by atoms with van der Waals surface area (Å²) in [6, 6.07) is 10.2. The van der Waals surface area contributed by atoms with Crippen LogP contribution in [0.3, 0.4) is 0 Å². The van der Waals surface area contributed by atoms with Crippen LogP contribution in [0.2, 0.25) is 0 Å². The summed E-state index contributed by atoms with van der Waals surface area (Å²) in [5.74, 6) is 0.512. The highest BCUT2D eigenvalue weighted by molar-refractivity contribution is 7.98. The van der Waals surface area contributed by atoms with Gasteiger partial charge >= 0.3 is 6.09 Å². The molecule has 1 aromatic heterocycles. The molecule has 164 valence electrons. The number of carbonyl (C=O) groups excluding carboxylic acids is 1. The van der Waals surface area contributed by atoms with E-state index in [0.29, 0.717) is 35.3 Å². The Morgan fingerprint density at radius 2 is 1.81 bits per heavy atom. The van der Waals surface area contributed by atoms with E-state index in [9.17, 15) is 10.1 Å². The Labute approximate surface area is 187 Å². The molecule has 1 N–H and O–H groups in total. The molecule has 0 unspecified atom stereocenters. The van der Waals surface area contributed by atoms with Gasteiger partial charge in [-0.25, -0.2) is 14.8 Å². The first-order chi connectivity index (χ1) is 14.7. The average Bonchev–Trinajstić information content (AvgIpc) is 2.73. The third-order valence-electron chi connectivity index (χ3n) is 4.79. The van der Waals surface area contributed by atoms with Crippen LogP contribution < -0.4 is 10.2 Å². The topological polar surface area (TPSA) is 94.4 Å². The second-order valence-corrected chi connectivity index (χ2v) is 9.03. The lowest BCUT2D eigenvalue weighted by Crippen LogP contribution is -2.50. The van der Waals surface area contributed by atoms with Crippen molar-refractivity contribution in [3.63, 3.8) is 0 Å². The number of thioether (sulfide) groups is 1. The molecule has 1 aliphatic heterocycles. The maximum atomic E-state index is 12.2. The van der Waals surface area contributed by atoms with E-state index in [-0.39, 0.29) is 6.09 Å². The fourth-order valence-electron chi connectivity index (χ4n) is 3.23. The quantitative estimate of drug-likeness (QED) is 0.559. The molecule has 0 spiro atoms. The van der Waals surface area contributed by atoms with Crippen molar-refractivity contribution in [2.75, 3.05) is 42.7 Å². The normalized spacial score (nSPS) is 14.2. The molecule has 1 saturated heterocycles. The number of anilines is 3. The summed E-state index contributed by atoms with van der Waals surface area (Å²) in [4.78, 5) is 25.0. The van der Waals surface area contributed by atoms with Crippen LogP contribution in [-0.2, 0) is 4.74 Å². The fourth-order valence-corrected chi connectivity index (χ4v) is 3.64. The second kappa shape index (κ2) is 9.43. The molecular formula is C22H28N6O2S. The minimum atomic E-state index is -0.485. The minimum absolute atomic E-state index is 0.259. The monoisotopic (exact) mass is 440 g/mol. The number of aryl methyl sites for hydroxylation is 1. The summed E-state index contributed by atoms with van der Waals surface area (Å²) < 4.78 is 5.46. The molecule has 1 amide bonds. The Bertz CT molecular complexity index is 973. The number of amides is 1. The molecule has 9 heteroatoms. The number of benzene rings is 1. The highest BCUT2D eigenvalue weighted by Gasteiger charge is 2.26. The van der Waals surface area contributed by atoms with Gasteiger partial charge in [-0.1, -0.05) is 11.8 Å². The number of hydrogen-bond donors (Lipinski definition) is 1. The van der Waals surface area contributed by atoms with Gasteiger partial charge in [-0.05, 0) is 58.2 Å². The van der Waals surface area contributed by atoms with E-state index in [1.165, 1.54) is 11.8 Å². The van der Waals surface area contributed by atoms with Crippen molar-refractivity contribution in [3.8, 4) is 6.07 Å². The highest BCUT2D eigenvalue weighted by atomic mass is 32.2. The number of ether oxygens (including phenoxy) is 1. The predicted molar refractivity (Wildman–Crippen MR) is 123 cm³/mol. The van der Waals surface area contributed by atoms with E-state index in [1.807, 2.05) is 58.2 Å². The smallest absolute Gasteiger partial charge is 0.410 e. The summed E-state index contributed by atoms with van der Waals surface area (Å²) in [5.41, 5.74) is 2.54. The number of piperazine rings is 1. The fraction of sp³-hybridized carbons (Fsp3) is 0.455. The lowest BCUT2D eigenvalue weighted by molar-refractivity contribution is 0.0240. The Morgan fingerprint density at radius 1 is 1.16 bits per heavy atom. The first-order valence-corrected chi connectivity index (χ1v) is 11.4. The number of hydrogen-bond acceptors (Lipinski definition) is 8. The number of aromatic nitrogens is 2. The summed E-state index contributed by atoms with van der Waals surface area (Å²) >= 11 is 1.44. The summed E-state index contributed by atoms with van der Waals surface area (Å²) in [7, 11) is 0. The Morgan fingerprint density at radius 3 is 2.35 bits per heavy atom. The van der Waals surface area contributed by atoms with E-state index in [1.54, 1.807) is 4.90 Å². The van der Waals surface area contributed by atoms with Gasteiger partial charge in [-0.2, -0.15) is 5.26 Å². The third kappa shape index (κ3) is 5.79. The van der Waals surface area contributed by atoms with E-state index < -0.39 is 5.60 Å². The molecule has 8 nitrogen and oxygen atoms in total. The lowest BCUT2D eigenvalue weighted by Gasteiger charge is -2.36. The largest absolute Gasteiger partial charge is 0.444 e. The number of nitrogens with one attached hydrogen (secondary N) is 1. The van der Waals surface area contributed by atoms with Gasteiger partial charge in [0.1, 0.15) is 17.2 Å². The van der Waals surface area contributed by atoms with Crippen LogP contribution in [-0.4, -0.2) is 59.0 Å².